The highest BCUT2D eigenvalue weighted by atomic mass is 35.5. The molecule has 0 aliphatic heterocycles. The van der Waals surface area contributed by atoms with Crippen molar-refractivity contribution in [1.82, 2.24) is 4.98 Å². The van der Waals surface area contributed by atoms with E-state index in [1.165, 1.54) is 12.3 Å². The first-order valence-corrected chi connectivity index (χ1v) is 5.14. The highest BCUT2D eigenvalue weighted by molar-refractivity contribution is 6.42. The van der Waals surface area contributed by atoms with Gasteiger partial charge in [-0.3, -0.25) is 0 Å². The Morgan fingerprint density at radius 3 is 2.56 bits per heavy atom. The van der Waals surface area contributed by atoms with Crippen LogP contribution in [0.15, 0.2) is 30.5 Å². The van der Waals surface area contributed by atoms with Crippen LogP contribution in [0.3, 0.4) is 0 Å². The molecule has 1 heterocycles. The van der Waals surface area contributed by atoms with Gasteiger partial charge in [0.2, 0.25) is 0 Å². The molecule has 16 heavy (non-hydrogen) atoms. The van der Waals surface area contributed by atoms with Gasteiger partial charge < -0.3 is 5.11 Å². The van der Waals surface area contributed by atoms with Crippen molar-refractivity contribution in [1.29, 1.82) is 0 Å². The quantitative estimate of drug-likeness (QED) is 0.787. The van der Waals surface area contributed by atoms with Crippen molar-refractivity contribution in [3.05, 3.63) is 46.5 Å². The molecule has 0 saturated heterocycles. The molecule has 0 aliphatic rings. The Morgan fingerprint density at radius 2 is 1.88 bits per heavy atom. The Bertz CT molecular complexity index is 546. The average molecular weight is 258 g/mol. The number of aromatic nitrogens is 1. The number of pyridine rings is 1. The Balaban J connectivity index is 2.59. The maximum atomic E-state index is 13.0. The molecule has 1 aromatic heterocycles. The summed E-state index contributed by atoms with van der Waals surface area (Å²) < 4.78 is 13.0. The zero-order chi connectivity index (χ0) is 11.7. The van der Waals surface area contributed by atoms with E-state index in [1.807, 2.05) is 0 Å². The van der Waals surface area contributed by atoms with Gasteiger partial charge in [0.15, 0.2) is 5.75 Å². The third-order valence-corrected chi connectivity index (χ3v) is 2.85. The number of nitrogens with zero attached hydrogens (tertiary/aromatic N) is 1. The molecule has 2 aromatic rings. The molecule has 0 fully saturated rings. The summed E-state index contributed by atoms with van der Waals surface area (Å²) in [5.74, 6) is -1.41. The summed E-state index contributed by atoms with van der Waals surface area (Å²) >= 11 is 11.6. The second-order valence-electron chi connectivity index (χ2n) is 3.13. The monoisotopic (exact) mass is 257 g/mol. The van der Waals surface area contributed by atoms with Crippen LogP contribution in [0.5, 0.6) is 5.75 Å². The van der Waals surface area contributed by atoms with Gasteiger partial charge in [0.25, 0.3) is 5.95 Å². The molecule has 0 amide bonds. The van der Waals surface area contributed by atoms with E-state index in [9.17, 15) is 9.50 Å². The van der Waals surface area contributed by atoms with Gasteiger partial charge in [-0.25, -0.2) is 4.98 Å². The van der Waals surface area contributed by atoms with Crippen molar-refractivity contribution in [3.63, 3.8) is 0 Å². The topological polar surface area (TPSA) is 33.1 Å². The van der Waals surface area contributed by atoms with Crippen molar-refractivity contribution in [2.45, 2.75) is 0 Å². The maximum absolute atomic E-state index is 13.0. The van der Waals surface area contributed by atoms with E-state index in [0.29, 0.717) is 21.2 Å². The van der Waals surface area contributed by atoms with Gasteiger partial charge in [-0.2, -0.15) is 4.39 Å². The largest absolute Gasteiger partial charge is 0.503 e. The third kappa shape index (κ3) is 1.96. The highest BCUT2D eigenvalue weighted by Gasteiger charge is 2.10. The van der Waals surface area contributed by atoms with Gasteiger partial charge >= 0.3 is 0 Å². The van der Waals surface area contributed by atoms with Crippen molar-refractivity contribution in [2.75, 3.05) is 0 Å². The highest BCUT2D eigenvalue weighted by Crippen LogP contribution is 2.33. The fourth-order valence-electron chi connectivity index (χ4n) is 1.33. The second-order valence-corrected chi connectivity index (χ2v) is 3.94. The standard InChI is InChI=1S/C11H6Cl2FNO/c12-8-2-1-6(5-9(8)13)7-3-4-15-11(14)10(7)16/h1-5,16H. The molecule has 5 heteroatoms. The Morgan fingerprint density at radius 1 is 1.12 bits per heavy atom. The number of rotatable bonds is 1. The number of hydrogen-bond donors (Lipinski definition) is 1. The molecule has 0 aliphatic carbocycles. The molecule has 2 nitrogen and oxygen atoms in total. The lowest BCUT2D eigenvalue weighted by Gasteiger charge is -2.05. The minimum atomic E-state index is -0.913. The van der Waals surface area contributed by atoms with Crippen LogP contribution in [0, 0.1) is 5.95 Å². The molecular formula is C11H6Cl2FNO. The van der Waals surface area contributed by atoms with E-state index in [4.69, 9.17) is 23.2 Å². The Labute approximate surface area is 101 Å². The van der Waals surface area contributed by atoms with E-state index in [0.717, 1.165) is 0 Å². The van der Waals surface area contributed by atoms with E-state index in [2.05, 4.69) is 4.98 Å². The number of aromatic hydroxyl groups is 1. The van der Waals surface area contributed by atoms with Crippen LogP contribution < -0.4 is 0 Å². The predicted octanol–water partition coefficient (Wildman–Crippen LogP) is 3.90. The predicted molar refractivity (Wildman–Crippen MR) is 61.3 cm³/mol. The summed E-state index contributed by atoms with van der Waals surface area (Å²) in [6, 6.07) is 6.27. The van der Waals surface area contributed by atoms with Crippen LogP contribution in [0.4, 0.5) is 4.39 Å². The zero-order valence-electron chi connectivity index (χ0n) is 7.92. The van der Waals surface area contributed by atoms with Crippen LogP contribution in [0.2, 0.25) is 10.0 Å². The normalized spacial score (nSPS) is 10.4. The molecule has 0 atom stereocenters. The van der Waals surface area contributed by atoms with Crippen LogP contribution in [0.25, 0.3) is 11.1 Å². The summed E-state index contributed by atoms with van der Waals surface area (Å²) in [5.41, 5.74) is 0.902. The number of halogens is 3. The Hall–Kier alpha value is -1.32. The zero-order valence-corrected chi connectivity index (χ0v) is 9.43. The van der Waals surface area contributed by atoms with Crippen LogP contribution in [0.1, 0.15) is 0 Å². The molecule has 0 bridgehead atoms. The molecule has 0 radical (unpaired) electrons. The summed E-state index contributed by atoms with van der Waals surface area (Å²) in [6.07, 6.45) is 1.27. The molecule has 1 N–H and O–H groups in total. The second kappa shape index (κ2) is 4.28. The lowest BCUT2D eigenvalue weighted by molar-refractivity contribution is 0.421. The van der Waals surface area contributed by atoms with Gasteiger partial charge in [0.1, 0.15) is 0 Å². The Kier molecular flexibility index (Phi) is 2.99. The van der Waals surface area contributed by atoms with Crippen molar-refractivity contribution >= 4 is 23.2 Å². The molecule has 2 rings (SSSR count). The van der Waals surface area contributed by atoms with E-state index < -0.39 is 11.7 Å². The molecule has 0 saturated carbocycles. The van der Waals surface area contributed by atoms with Gasteiger partial charge in [-0.1, -0.05) is 29.3 Å². The van der Waals surface area contributed by atoms with Crippen LogP contribution in [-0.4, -0.2) is 10.1 Å². The van der Waals surface area contributed by atoms with Crippen molar-refractivity contribution < 1.29 is 9.50 Å². The molecule has 1 aromatic carbocycles. The first-order valence-electron chi connectivity index (χ1n) is 4.38. The van der Waals surface area contributed by atoms with Gasteiger partial charge in [0.05, 0.1) is 10.0 Å². The minimum absolute atomic E-state index is 0.325. The first kappa shape index (κ1) is 11.2. The number of hydrogen-bond acceptors (Lipinski definition) is 2. The lowest BCUT2D eigenvalue weighted by Crippen LogP contribution is -1.86. The van der Waals surface area contributed by atoms with Crippen molar-refractivity contribution in [3.8, 4) is 16.9 Å². The minimum Gasteiger partial charge on any atom is -0.503 e. The molecule has 0 spiro atoms. The summed E-state index contributed by atoms with van der Waals surface area (Å²) in [5, 5.41) is 10.2. The average Bonchev–Trinajstić information content (AvgIpc) is 2.26. The van der Waals surface area contributed by atoms with E-state index in [1.54, 1.807) is 18.2 Å². The number of benzene rings is 1. The fourth-order valence-corrected chi connectivity index (χ4v) is 1.62. The smallest absolute Gasteiger partial charge is 0.255 e. The first-order chi connectivity index (χ1) is 7.59. The van der Waals surface area contributed by atoms with Crippen molar-refractivity contribution in [2.24, 2.45) is 0 Å². The van der Waals surface area contributed by atoms with Crippen LogP contribution in [-0.2, 0) is 0 Å². The van der Waals surface area contributed by atoms with Gasteiger partial charge in [0, 0.05) is 11.8 Å². The van der Waals surface area contributed by atoms with Crippen LogP contribution >= 0.6 is 23.2 Å². The molecule has 0 unspecified atom stereocenters. The van der Waals surface area contributed by atoms with Gasteiger partial charge in [-0.15, -0.1) is 0 Å². The molecular weight excluding hydrogens is 252 g/mol. The van der Waals surface area contributed by atoms with E-state index in [-0.39, 0.29) is 0 Å². The SMILES string of the molecule is Oc1c(-c2ccc(Cl)c(Cl)c2)ccnc1F. The third-order valence-electron chi connectivity index (χ3n) is 2.11. The lowest BCUT2D eigenvalue weighted by atomic mass is 10.1. The summed E-state index contributed by atoms with van der Waals surface area (Å²) in [4.78, 5) is 3.33. The summed E-state index contributed by atoms with van der Waals surface area (Å²) in [7, 11) is 0. The maximum Gasteiger partial charge on any atom is 0.255 e. The summed E-state index contributed by atoms with van der Waals surface area (Å²) in [6.45, 7) is 0. The fraction of sp³-hybridized carbons (Fsp3) is 0. The van der Waals surface area contributed by atoms with E-state index >= 15 is 0 Å². The molecule has 82 valence electrons. The van der Waals surface area contributed by atoms with Gasteiger partial charge in [-0.05, 0) is 23.8 Å².